The van der Waals surface area contributed by atoms with Crippen molar-refractivity contribution in [3.05, 3.63) is 24.3 Å². The Morgan fingerprint density at radius 1 is 0.923 bits per heavy atom. The summed E-state index contributed by atoms with van der Waals surface area (Å²) in [4.78, 5) is 0. The average Bonchev–Trinajstić information content (AvgIpc) is 2.16. The second-order valence-corrected chi connectivity index (χ2v) is 3.22. The van der Waals surface area contributed by atoms with Gasteiger partial charge in [-0.05, 0) is 25.7 Å². The molecule has 0 radical (unpaired) electrons. The second-order valence-electron chi connectivity index (χ2n) is 3.22. The van der Waals surface area contributed by atoms with Crippen molar-refractivity contribution in [3.8, 4) is 0 Å². The molecule has 1 N–H and O–H groups in total. The van der Waals surface area contributed by atoms with Gasteiger partial charge in [-0.2, -0.15) is 0 Å². The van der Waals surface area contributed by atoms with Crippen LogP contribution in [0.15, 0.2) is 24.3 Å². The molecule has 0 aromatic carbocycles. The molecule has 0 aromatic heterocycles. The molecule has 0 spiro atoms. The number of allylic oxidation sites excluding steroid dienone is 4. The molecule has 13 heavy (non-hydrogen) atoms. The fourth-order valence-electron chi connectivity index (χ4n) is 1.07. The minimum Gasteiger partial charge on any atom is -0.396 e. The highest BCUT2D eigenvalue weighted by atomic mass is 16.2. The van der Waals surface area contributed by atoms with Crippen LogP contribution in [0.3, 0.4) is 0 Å². The normalized spacial score (nSPS) is 11.8. The number of aliphatic hydroxyl groups is 1. The molecular weight excluding hydrogens is 160 g/mol. The predicted molar refractivity (Wildman–Crippen MR) is 58.7 cm³/mol. The number of hydrogen-bond acceptors (Lipinski definition) is 1. The zero-order chi connectivity index (χ0) is 9.78. The van der Waals surface area contributed by atoms with E-state index < -0.39 is 0 Å². The van der Waals surface area contributed by atoms with Gasteiger partial charge >= 0.3 is 0 Å². The summed E-state index contributed by atoms with van der Waals surface area (Å²) in [5.41, 5.74) is 0. The fourth-order valence-corrected chi connectivity index (χ4v) is 1.07. The first-order valence-corrected chi connectivity index (χ1v) is 5.34. The summed E-state index contributed by atoms with van der Waals surface area (Å²) in [6.45, 7) is 2.52. The lowest BCUT2D eigenvalue weighted by Gasteiger charge is -1.90. The van der Waals surface area contributed by atoms with E-state index in [1.165, 1.54) is 25.7 Å². The van der Waals surface area contributed by atoms with E-state index in [-0.39, 0.29) is 0 Å². The van der Waals surface area contributed by atoms with Crippen LogP contribution in [-0.2, 0) is 0 Å². The third-order valence-corrected chi connectivity index (χ3v) is 1.89. The summed E-state index contributed by atoms with van der Waals surface area (Å²) >= 11 is 0. The Kier molecular flexibility index (Phi) is 10.9. The highest BCUT2D eigenvalue weighted by Gasteiger charge is 1.80. The fraction of sp³-hybridized carbons (Fsp3) is 0.667. The van der Waals surface area contributed by atoms with Crippen LogP contribution < -0.4 is 0 Å². The Bertz CT molecular complexity index is 136. The Morgan fingerprint density at radius 3 is 2.08 bits per heavy atom. The molecule has 0 saturated carbocycles. The number of rotatable bonds is 8. The quantitative estimate of drug-likeness (QED) is 0.450. The number of hydrogen-bond donors (Lipinski definition) is 1. The summed E-state index contributed by atoms with van der Waals surface area (Å²) < 4.78 is 0. The molecule has 0 saturated heterocycles. The zero-order valence-corrected chi connectivity index (χ0v) is 8.71. The van der Waals surface area contributed by atoms with E-state index in [1.54, 1.807) is 0 Å². The maximum atomic E-state index is 8.51. The zero-order valence-electron chi connectivity index (χ0n) is 8.71. The van der Waals surface area contributed by atoms with Crippen LogP contribution in [0.5, 0.6) is 0 Å². The van der Waals surface area contributed by atoms with Crippen molar-refractivity contribution in [3.63, 3.8) is 0 Å². The van der Waals surface area contributed by atoms with E-state index in [0.29, 0.717) is 6.61 Å². The van der Waals surface area contributed by atoms with Crippen molar-refractivity contribution in [1.82, 2.24) is 0 Å². The Hall–Kier alpha value is -0.560. The summed E-state index contributed by atoms with van der Waals surface area (Å²) in [5, 5.41) is 8.51. The molecule has 0 atom stereocenters. The minimum atomic E-state index is 0.296. The lowest BCUT2D eigenvalue weighted by Crippen LogP contribution is -1.77. The van der Waals surface area contributed by atoms with Crippen LogP contribution in [-0.4, -0.2) is 11.7 Å². The molecule has 1 nitrogen and oxygen atoms in total. The molecule has 0 unspecified atom stereocenters. The van der Waals surface area contributed by atoms with Crippen LogP contribution in [0.2, 0.25) is 0 Å². The third-order valence-electron chi connectivity index (χ3n) is 1.89. The molecule has 0 amide bonds. The van der Waals surface area contributed by atoms with Crippen molar-refractivity contribution in [2.75, 3.05) is 6.61 Å². The van der Waals surface area contributed by atoms with E-state index >= 15 is 0 Å². The van der Waals surface area contributed by atoms with Crippen LogP contribution in [0.1, 0.15) is 45.4 Å². The molecule has 0 bridgehead atoms. The first kappa shape index (κ1) is 12.4. The Morgan fingerprint density at radius 2 is 1.54 bits per heavy atom. The van der Waals surface area contributed by atoms with Gasteiger partial charge in [0.05, 0.1) is 0 Å². The molecule has 0 aliphatic heterocycles. The van der Waals surface area contributed by atoms with Gasteiger partial charge in [0.15, 0.2) is 0 Å². The second kappa shape index (κ2) is 11.4. The van der Waals surface area contributed by atoms with Crippen molar-refractivity contribution in [1.29, 1.82) is 0 Å². The first-order chi connectivity index (χ1) is 6.41. The van der Waals surface area contributed by atoms with Gasteiger partial charge in [-0.1, -0.05) is 44.1 Å². The highest BCUT2D eigenvalue weighted by Crippen LogP contribution is 1.99. The van der Waals surface area contributed by atoms with Crippen LogP contribution in [0.25, 0.3) is 0 Å². The predicted octanol–water partition coefficient (Wildman–Crippen LogP) is 3.45. The molecule has 0 aliphatic rings. The molecule has 0 aromatic rings. The largest absolute Gasteiger partial charge is 0.396 e. The van der Waals surface area contributed by atoms with Gasteiger partial charge in [-0.3, -0.25) is 0 Å². The summed E-state index contributed by atoms with van der Waals surface area (Å²) in [6, 6.07) is 0. The van der Waals surface area contributed by atoms with Gasteiger partial charge in [-0.25, -0.2) is 0 Å². The summed E-state index contributed by atoms with van der Waals surface area (Å²) in [5.74, 6) is 0. The Balaban J connectivity index is 3.15. The van der Waals surface area contributed by atoms with Gasteiger partial charge < -0.3 is 5.11 Å². The molecule has 0 fully saturated rings. The molecule has 0 heterocycles. The van der Waals surface area contributed by atoms with Crippen molar-refractivity contribution in [2.45, 2.75) is 45.4 Å². The smallest absolute Gasteiger partial charge is 0.0433 e. The van der Waals surface area contributed by atoms with E-state index in [1.807, 2.05) is 0 Å². The molecule has 1 heteroatoms. The third kappa shape index (κ3) is 11.4. The van der Waals surface area contributed by atoms with Gasteiger partial charge in [0.2, 0.25) is 0 Å². The molecule has 76 valence electrons. The van der Waals surface area contributed by atoms with Gasteiger partial charge in [0, 0.05) is 6.61 Å². The SMILES string of the molecule is CCCCCC=CC=CCCCO. The van der Waals surface area contributed by atoms with Gasteiger partial charge in [0.25, 0.3) is 0 Å². The number of unbranched alkanes of at least 4 members (excludes halogenated alkanes) is 4. The van der Waals surface area contributed by atoms with Gasteiger partial charge in [-0.15, -0.1) is 0 Å². The van der Waals surface area contributed by atoms with Gasteiger partial charge in [0.1, 0.15) is 0 Å². The van der Waals surface area contributed by atoms with Crippen LogP contribution in [0.4, 0.5) is 0 Å². The van der Waals surface area contributed by atoms with Crippen molar-refractivity contribution >= 4 is 0 Å². The van der Waals surface area contributed by atoms with Crippen LogP contribution in [0, 0.1) is 0 Å². The first-order valence-electron chi connectivity index (χ1n) is 5.34. The lowest BCUT2D eigenvalue weighted by molar-refractivity contribution is 0.289. The summed E-state index contributed by atoms with van der Waals surface area (Å²) in [6.07, 6.45) is 15.5. The standard InChI is InChI=1S/C12H22O/c1-2-3-4-5-6-7-8-9-10-11-12-13/h6-9,13H,2-5,10-12H2,1H3. The average molecular weight is 182 g/mol. The molecule has 0 rings (SSSR count). The van der Waals surface area contributed by atoms with E-state index in [4.69, 9.17) is 5.11 Å². The van der Waals surface area contributed by atoms with Crippen molar-refractivity contribution in [2.24, 2.45) is 0 Å². The number of aliphatic hydroxyl groups excluding tert-OH is 1. The lowest BCUT2D eigenvalue weighted by atomic mass is 10.2. The highest BCUT2D eigenvalue weighted by molar-refractivity contribution is 5.02. The monoisotopic (exact) mass is 182 g/mol. The van der Waals surface area contributed by atoms with E-state index in [2.05, 4.69) is 31.2 Å². The maximum Gasteiger partial charge on any atom is 0.0433 e. The maximum absolute atomic E-state index is 8.51. The Labute approximate surface area is 82.2 Å². The van der Waals surface area contributed by atoms with Crippen molar-refractivity contribution < 1.29 is 5.11 Å². The minimum absolute atomic E-state index is 0.296. The van der Waals surface area contributed by atoms with E-state index in [0.717, 1.165) is 12.8 Å². The van der Waals surface area contributed by atoms with E-state index in [9.17, 15) is 0 Å². The summed E-state index contributed by atoms with van der Waals surface area (Å²) in [7, 11) is 0. The topological polar surface area (TPSA) is 20.2 Å². The van der Waals surface area contributed by atoms with Crippen LogP contribution >= 0.6 is 0 Å². The molecule has 0 aliphatic carbocycles. The molecular formula is C12H22O.